The number of benzene rings is 1. The molecular formula is C16H24ClNO2. The fourth-order valence-electron chi connectivity index (χ4n) is 2.95. The fraction of sp³-hybridized carbons (Fsp3) is 0.625. The van der Waals surface area contributed by atoms with Crippen LogP contribution < -0.4 is 14.8 Å². The van der Waals surface area contributed by atoms with Gasteiger partial charge in [-0.2, -0.15) is 0 Å². The van der Waals surface area contributed by atoms with Crippen molar-refractivity contribution in [2.75, 3.05) is 20.8 Å². The van der Waals surface area contributed by atoms with Crippen molar-refractivity contribution in [3.05, 3.63) is 22.2 Å². The molecule has 0 amide bonds. The Morgan fingerprint density at radius 2 is 1.90 bits per heavy atom. The monoisotopic (exact) mass is 297 g/mol. The van der Waals surface area contributed by atoms with Gasteiger partial charge in [0.1, 0.15) is 16.5 Å². The molecule has 0 aliphatic carbocycles. The number of nitrogens with one attached hydrogen (secondary N) is 1. The third-order valence-electron chi connectivity index (χ3n) is 4.00. The van der Waals surface area contributed by atoms with Gasteiger partial charge < -0.3 is 14.8 Å². The zero-order valence-electron chi connectivity index (χ0n) is 12.6. The van der Waals surface area contributed by atoms with E-state index in [2.05, 4.69) is 18.3 Å². The van der Waals surface area contributed by atoms with E-state index in [0.717, 1.165) is 36.4 Å². The molecule has 1 aliphatic heterocycles. The van der Waals surface area contributed by atoms with Crippen molar-refractivity contribution in [2.24, 2.45) is 0 Å². The fourth-order valence-corrected chi connectivity index (χ4v) is 3.34. The first-order valence-electron chi connectivity index (χ1n) is 7.36. The quantitative estimate of drug-likeness (QED) is 0.901. The van der Waals surface area contributed by atoms with Crippen LogP contribution in [0.3, 0.4) is 0 Å². The Kier molecular flexibility index (Phi) is 5.55. The van der Waals surface area contributed by atoms with Gasteiger partial charge in [-0.05, 0) is 49.4 Å². The van der Waals surface area contributed by atoms with E-state index in [1.54, 1.807) is 14.2 Å². The van der Waals surface area contributed by atoms with Crippen LogP contribution in [-0.4, -0.2) is 26.8 Å². The summed E-state index contributed by atoms with van der Waals surface area (Å²) in [5, 5.41) is 4.17. The van der Waals surface area contributed by atoms with Crippen LogP contribution in [0.25, 0.3) is 0 Å². The zero-order chi connectivity index (χ0) is 14.5. The Balaban J connectivity index is 2.32. The summed E-state index contributed by atoms with van der Waals surface area (Å²) in [7, 11) is 3.33. The summed E-state index contributed by atoms with van der Waals surface area (Å²) in [4.78, 5) is 0. The summed E-state index contributed by atoms with van der Waals surface area (Å²) < 4.78 is 10.9. The number of methoxy groups -OCH3 is 2. The average Bonchev–Trinajstić information content (AvgIpc) is 2.48. The maximum Gasteiger partial charge on any atom is 0.144 e. The third kappa shape index (κ3) is 3.21. The second kappa shape index (κ2) is 7.19. The van der Waals surface area contributed by atoms with E-state index in [1.165, 1.54) is 24.8 Å². The molecule has 1 aromatic carbocycles. The molecule has 0 radical (unpaired) electrons. The molecule has 1 heterocycles. The lowest BCUT2D eigenvalue weighted by atomic mass is 9.95. The highest BCUT2D eigenvalue weighted by Gasteiger charge is 2.21. The van der Waals surface area contributed by atoms with Crippen LogP contribution in [-0.2, 0) is 12.8 Å². The number of halogens is 1. The Hall–Kier alpha value is -0.930. The first-order valence-corrected chi connectivity index (χ1v) is 7.74. The molecule has 1 aliphatic rings. The van der Waals surface area contributed by atoms with E-state index < -0.39 is 0 Å². The van der Waals surface area contributed by atoms with Crippen LogP contribution in [0.2, 0.25) is 5.02 Å². The smallest absolute Gasteiger partial charge is 0.144 e. The summed E-state index contributed by atoms with van der Waals surface area (Å²) in [5.74, 6) is 1.50. The summed E-state index contributed by atoms with van der Waals surface area (Å²) in [6, 6.07) is 2.70. The lowest BCUT2D eigenvalue weighted by molar-refractivity contribution is 0.374. The van der Waals surface area contributed by atoms with Gasteiger partial charge in [0.05, 0.1) is 14.2 Å². The van der Waals surface area contributed by atoms with E-state index in [4.69, 9.17) is 21.1 Å². The van der Waals surface area contributed by atoms with Crippen LogP contribution in [0.5, 0.6) is 11.5 Å². The zero-order valence-corrected chi connectivity index (χ0v) is 13.3. The average molecular weight is 298 g/mol. The molecule has 2 rings (SSSR count). The van der Waals surface area contributed by atoms with Gasteiger partial charge in [0, 0.05) is 6.04 Å². The third-order valence-corrected chi connectivity index (χ3v) is 4.34. The van der Waals surface area contributed by atoms with Gasteiger partial charge in [0.2, 0.25) is 0 Å². The van der Waals surface area contributed by atoms with E-state index in [1.807, 2.05) is 0 Å². The summed E-state index contributed by atoms with van der Waals surface area (Å²) in [5.41, 5.74) is 2.32. The maximum atomic E-state index is 6.45. The lowest BCUT2D eigenvalue weighted by Gasteiger charge is -2.25. The number of aryl methyl sites for hydroxylation is 1. The molecule has 1 saturated heterocycles. The topological polar surface area (TPSA) is 30.5 Å². The molecule has 20 heavy (non-hydrogen) atoms. The lowest BCUT2D eigenvalue weighted by Crippen LogP contribution is -2.35. The van der Waals surface area contributed by atoms with Gasteiger partial charge in [-0.1, -0.05) is 24.9 Å². The van der Waals surface area contributed by atoms with Gasteiger partial charge in [-0.15, -0.1) is 0 Å². The van der Waals surface area contributed by atoms with Crippen LogP contribution in [0.15, 0.2) is 6.07 Å². The normalized spacial score (nSPS) is 18.9. The Bertz CT molecular complexity index is 456. The van der Waals surface area contributed by atoms with Crippen molar-refractivity contribution in [1.82, 2.24) is 5.32 Å². The van der Waals surface area contributed by atoms with Crippen LogP contribution in [0, 0.1) is 0 Å². The van der Waals surface area contributed by atoms with Gasteiger partial charge >= 0.3 is 0 Å². The van der Waals surface area contributed by atoms with E-state index >= 15 is 0 Å². The second-order valence-corrected chi connectivity index (χ2v) is 5.66. The minimum atomic E-state index is 0.520. The first kappa shape index (κ1) is 15.5. The summed E-state index contributed by atoms with van der Waals surface area (Å²) in [6.07, 6.45) is 5.65. The Morgan fingerprint density at radius 1 is 1.20 bits per heavy atom. The number of ether oxygens (including phenoxy) is 2. The molecule has 0 spiro atoms. The Labute approximate surface area is 126 Å². The van der Waals surface area contributed by atoms with E-state index in [0.29, 0.717) is 11.1 Å². The highest BCUT2D eigenvalue weighted by molar-refractivity contribution is 6.33. The molecule has 1 aromatic rings. The molecule has 4 heteroatoms. The predicted octanol–water partition coefficient (Wildman–Crippen LogP) is 3.60. The minimum Gasteiger partial charge on any atom is -0.495 e. The highest BCUT2D eigenvalue weighted by Crippen LogP contribution is 2.40. The molecular weight excluding hydrogens is 274 g/mol. The summed E-state index contributed by atoms with van der Waals surface area (Å²) in [6.45, 7) is 3.22. The highest BCUT2D eigenvalue weighted by atomic mass is 35.5. The predicted molar refractivity (Wildman–Crippen MR) is 83.3 cm³/mol. The molecule has 3 nitrogen and oxygen atoms in total. The van der Waals surface area contributed by atoms with Crippen molar-refractivity contribution in [2.45, 2.75) is 45.1 Å². The summed E-state index contributed by atoms with van der Waals surface area (Å²) >= 11 is 6.45. The van der Waals surface area contributed by atoms with Gasteiger partial charge in [0.15, 0.2) is 0 Å². The molecule has 1 fully saturated rings. The minimum absolute atomic E-state index is 0.520. The SMILES string of the molecule is CCc1cc(CC2CCCCN2)c(OC)c(Cl)c1OC. The number of hydrogen-bond donors (Lipinski definition) is 1. The molecule has 1 N–H and O–H groups in total. The molecule has 112 valence electrons. The van der Waals surface area contributed by atoms with Crippen molar-refractivity contribution in [3.8, 4) is 11.5 Å². The largest absolute Gasteiger partial charge is 0.495 e. The molecule has 1 unspecified atom stereocenters. The van der Waals surface area contributed by atoms with Crippen molar-refractivity contribution < 1.29 is 9.47 Å². The maximum absolute atomic E-state index is 6.45. The first-order chi connectivity index (χ1) is 9.71. The standard InChI is InChI=1S/C16H24ClNO2/c1-4-11-9-12(10-13-7-5-6-8-18-13)16(20-3)14(17)15(11)19-2/h9,13,18H,4-8,10H2,1-3H3. The number of piperidine rings is 1. The van der Waals surface area contributed by atoms with Crippen molar-refractivity contribution in [1.29, 1.82) is 0 Å². The van der Waals surface area contributed by atoms with Crippen LogP contribution in [0.1, 0.15) is 37.3 Å². The van der Waals surface area contributed by atoms with Crippen LogP contribution in [0.4, 0.5) is 0 Å². The van der Waals surface area contributed by atoms with Gasteiger partial charge in [-0.3, -0.25) is 0 Å². The van der Waals surface area contributed by atoms with Gasteiger partial charge in [-0.25, -0.2) is 0 Å². The number of hydrogen-bond acceptors (Lipinski definition) is 3. The molecule has 0 aromatic heterocycles. The van der Waals surface area contributed by atoms with Crippen molar-refractivity contribution in [3.63, 3.8) is 0 Å². The molecule has 0 saturated carbocycles. The Morgan fingerprint density at radius 3 is 2.45 bits per heavy atom. The molecule has 1 atom stereocenters. The number of rotatable bonds is 5. The van der Waals surface area contributed by atoms with Crippen LogP contribution >= 0.6 is 11.6 Å². The molecule has 0 bridgehead atoms. The van der Waals surface area contributed by atoms with Gasteiger partial charge in [0.25, 0.3) is 0 Å². The second-order valence-electron chi connectivity index (χ2n) is 5.28. The van der Waals surface area contributed by atoms with E-state index in [9.17, 15) is 0 Å². The van der Waals surface area contributed by atoms with E-state index in [-0.39, 0.29) is 0 Å². The van der Waals surface area contributed by atoms with Crippen molar-refractivity contribution >= 4 is 11.6 Å².